The van der Waals surface area contributed by atoms with Crippen molar-refractivity contribution in [3.8, 4) is 11.5 Å². The van der Waals surface area contributed by atoms with Crippen molar-refractivity contribution in [3.05, 3.63) is 93.6 Å². The quantitative estimate of drug-likeness (QED) is 0.110. The van der Waals surface area contributed by atoms with Crippen molar-refractivity contribution >= 4 is 50.2 Å². The van der Waals surface area contributed by atoms with E-state index in [1.54, 1.807) is 40.1 Å². The molecule has 15 heteroatoms. The summed E-state index contributed by atoms with van der Waals surface area (Å²) in [5.41, 5.74) is 9.46. The summed E-state index contributed by atoms with van der Waals surface area (Å²) in [6.45, 7) is 5.07. The number of pyridine rings is 1. The summed E-state index contributed by atoms with van der Waals surface area (Å²) in [4.78, 5) is 34.8. The number of rotatable bonds is 9. The lowest BCUT2D eigenvalue weighted by atomic mass is 10.1. The first-order valence-electron chi connectivity index (χ1n) is 16.5. The van der Waals surface area contributed by atoms with Crippen LogP contribution in [0.15, 0.2) is 70.7 Å². The number of benzene rings is 3. The summed E-state index contributed by atoms with van der Waals surface area (Å²) < 4.78 is 41.7. The smallest absolute Gasteiger partial charge is 0.253 e. The zero-order chi connectivity index (χ0) is 36.4. The number of hydrogen-bond acceptors (Lipinski definition) is 9. The van der Waals surface area contributed by atoms with Crippen molar-refractivity contribution in [1.29, 1.82) is 0 Å². The second kappa shape index (κ2) is 14.7. The lowest BCUT2D eigenvalue weighted by Gasteiger charge is -2.37. The first-order chi connectivity index (χ1) is 24.4. The van der Waals surface area contributed by atoms with Crippen LogP contribution in [0.1, 0.15) is 45.6 Å². The fourth-order valence-electron chi connectivity index (χ4n) is 6.73. The van der Waals surface area contributed by atoms with Gasteiger partial charge in [-0.15, -0.1) is 0 Å². The standard InChI is InChI=1S/C36H39ClN6O7S/c1-22-20-23(2)39-32-26(22)6-4-8-30(32)50-21-27-28(37)13-14-31(33(27)49-3)51(47,48)43-15-5-7-29(43)36(45)42-18-16-41(17-19-42)35(44)25-11-9-24(10-12-25)34(38)40-46/h4,6,8-14,20,29,46H,5,7,15-19,21H2,1-3H3,(H2,38,40)/t29-/m0/s1. The highest BCUT2D eigenvalue weighted by Crippen LogP contribution is 2.39. The third kappa shape index (κ3) is 7.03. The number of piperazine rings is 1. The van der Waals surface area contributed by atoms with Crippen molar-refractivity contribution in [3.63, 3.8) is 0 Å². The van der Waals surface area contributed by atoms with E-state index in [4.69, 9.17) is 32.0 Å². The number of sulfonamides is 1. The van der Waals surface area contributed by atoms with Gasteiger partial charge in [-0.25, -0.2) is 13.4 Å². The van der Waals surface area contributed by atoms with Gasteiger partial charge in [-0.1, -0.05) is 41.0 Å². The van der Waals surface area contributed by atoms with Crippen LogP contribution in [0.3, 0.4) is 0 Å². The zero-order valence-electron chi connectivity index (χ0n) is 28.5. The molecule has 0 unspecified atom stereocenters. The fourth-order valence-corrected chi connectivity index (χ4v) is 8.77. The second-order valence-corrected chi connectivity index (χ2v) is 14.8. The van der Waals surface area contributed by atoms with Crippen LogP contribution in [0, 0.1) is 13.8 Å². The average Bonchev–Trinajstić information content (AvgIpc) is 3.65. The van der Waals surface area contributed by atoms with Gasteiger partial charge in [0.05, 0.1) is 17.7 Å². The van der Waals surface area contributed by atoms with Crippen LogP contribution in [0.2, 0.25) is 5.02 Å². The number of carbonyl (C=O) groups excluding carboxylic acids is 2. The Morgan fingerprint density at radius 2 is 1.69 bits per heavy atom. The van der Waals surface area contributed by atoms with Crippen molar-refractivity contribution in [2.24, 2.45) is 10.9 Å². The average molecular weight is 735 g/mol. The van der Waals surface area contributed by atoms with E-state index in [1.807, 2.05) is 32.0 Å². The molecule has 51 heavy (non-hydrogen) atoms. The van der Waals surface area contributed by atoms with E-state index < -0.39 is 16.1 Å². The van der Waals surface area contributed by atoms with Gasteiger partial charge in [-0.05, 0) is 68.7 Å². The van der Waals surface area contributed by atoms with Crippen LogP contribution in [0.25, 0.3) is 10.9 Å². The molecular formula is C36H39ClN6O7S. The SMILES string of the molecule is COc1c(S(=O)(=O)N2CCC[C@H]2C(=O)N2CCN(C(=O)c3ccc(C(N)=NO)cc3)CC2)ccc(Cl)c1COc1cccc2c(C)cc(C)nc12. The van der Waals surface area contributed by atoms with E-state index in [2.05, 4.69) is 10.1 Å². The third-order valence-corrected chi connectivity index (χ3v) is 11.7. The maximum atomic E-state index is 14.3. The lowest BCUT2D eigenvalue weighted by Crippen LogP contribution is -2.55. The van der Waals surface area contributed by atoms with E-state index >= 15 is 0 Å². The Morgan fingerprint density at radius 3 is 2.37 bits per heavy atom. The molecule has 2 saturated heterocycles. The molecule has 13 nitrogen and oxygen atoms in total. The highest BCUT2D eigenvalue weighted by atomic mass is 35.5. The minimum Gasteiger partial charge on any atom is -0.495 e. The number of halogens is 1. The van der Waals surface area contributed by atoms with Gasteiger partial charge in [0, 0.05) is 54.9 Å². The molecule has 2 aliphatic rings. The van der Waals surface area contributed by atoms with Gasteiger partial charge < -0.3 is 30.2 Å². The molecule has 0 saturated carbocycles. The van der Waals surface area contributed by atoms with Gasteiger partial charge in [0.2, 0.25) is 15.9 Å². The van der Waals surface area contributed by atoms with Gasteiger partial charge in [-0.3, -0.25) is 9.59 Å². The maximum absolute atomic E-state index is 14.3. The van der Waals surface area contributed by atoms with Crippen molar-refractivity contribution in [2.75, 3.05) is 39.8 Å². The summed E-state index contributed by atoms with van der Waals surface area (Å²) in [5, 5.41) is 13.1. The predicted molar refractivity (Wildman–Crippen MR) is 192 cm³/mol. The number of methoxy groups -OCH3 is 1. The van der Waals surface area contributed by atoms with Crippen LogP contribution in [-0.4, -0.2) is 96.2 Å². The number of fused-ring (bicyclic) bond motifs is 1. The summed E-state index contributed by atoms with van der Waals surface area (Å²) in [6, 6.07) is 16.0. The van der Waals surface area contributed by atoms with E-state index in [9.17, 15) is 18.0 Å². The minimum absolute atomic E-state index is 0.0487. The molecule has 4 aromatic rings. The van der Waals surface area contributed by atoms with Crippen LogP contribution in [0.4, 0.5) is 0 Å². The molecule has 0 bridgehead atoms. The number of para-hydroxylation sites is 1. The normalized spacial score (nSPS) is 17.2. The van der Waals surface area contributed by atoms with Gasteiger partial charge >= 0.3 is 0 Å². The number of carbonyl (C=O) groups is 2. The Hall–Kier alpha value is -4.92. The number of nitrogens with two attached hydrogens (primary N) is 1. The minimum atomic E-state index is -4.22. The number of oxime groups is 1. The number of aromatic nitrogens is 1. The Kier molecular flexibility index (Phi) is 10.4. The van der Waals surface area contributed by atoms with Crippen LogP contribution in [0.5, 0.6) is 11.5 Å². The molecule has 2 aliphatic heterocycles. The summed E-state index contributed by atoms with van der Waals surface area (Å²) in [7, 11) is -2.84. The lowest BCUT2D eigenvalue weighted by molar-refractivity contribution is -0.136. The van der Waals surface area contributed by atoms with Crippen LogP contribution < -0.4 is 15.2 Å². The molecule has 1 atom stereocenters. The molecule has 2 amide bonds. The molecule has 268 valence electrons. The van der Waals surface area contributed by atoms with Crippen molar-refractivity contribution in [1.82, 2.24) is 19.1 Å². The summed E-state index contributed by atoms with van der Waals surface area (Å²) in [5.74, 6) is -0.0131. The van der Waals surface area contributed by atoms with E-state index in [-0.39, 0.29) is 72.6 Å². The van der Waals surface area contributed by atoms with Gasteiger partial charge in [0.15, 0.2) is 5.84 Å². The Balaban J connectivity index is 1.17. The first kappa shape index (κ1) is 35.9. The largest absolute Gasteiger partial charge is 0.495 e. The molecule has 1 aromatic heterocycles. The topological polar surface area (TPSA) is 168 Å². The van der Waals surface area contributed by atoms with Gasteiger partial charge in [0.25, 0.3) is 5.91 Å². The summed E-state index contributed by atoms with van der Waals surface area (Å²) >= 11 is 6.61. The van der Waals surface area contributed by atoms with E-state index in [0.717, 1.165) is 16.6 Å². The zero-order valence-corrected chi connectivity index (χ0v) is 30.1. The van der Waals surface area contributed by atoms with E-state index in [0.29, 0.717) is 40.8 Å². The fraction of sp³-hybridized carbons (Fsp3) is 0.333. The Morgan fingerprint density at radius 1 is 1.00 bits per heavy atom. The number of ether oxygens (including phenoxy) is 2. The first-order valence-corrected chi connectivity index (χ1v) is 18.3. The predicted octanol–water partition coefficient (Wildman–Crippen LogP) is 4.32. The number of nitrogens with zero attached hydrogens (tertiary/aromatic N) is 5. The van der Waals surface area contributed by atoms with Crippen LogP contribution >= 0.6 is 11.6 Å². The number of amidine groups is 1. The summed E-state index contributed by atoms with van der Waals surface area (Å²) in [6.07, 6.45) is 0.872. The Bertz CT molecular complexity index is 2120. The highest BCUT2D eigenvalue weighted by Gasteiger charge is 2.43. The number of amides is 2. The van der Waals surface area contributed by atoms with Crippen LogP contribution in [-0.2, 0) is 21.4 Å². The monoisotopic (exact) mass is 734 g/mol. The van der Waals surface area contributed by atoms with Gasteiger partial charge in [0.1, 0.15) is 34.6 Å². The molecule has 2 fully saturated rings. The highest BCUT2D eigenvalue weighted by molar-refractivity contribution is 7.89. The molecule has 6 rings (SSSR count). The molecule has 3 heterocycles. The maximum Gasteiger partial charge on any atom is 0.253 e. The molecule has 3 N–H and O–H groups in total. The van der Waals surface area contributed by atoms with Gasteiger partial charge in [-0.2, -0.15) is 4.31 Å². The number of aryl methyl sites for hydroxylation is 2. The second-order valence-electron chi connectivity index (χ2n) is 12.5. The molecule has 0 radical (unpaired) electrons. The van der Waals surface area contributed by atoms with Crippen molar-refractivity contribution in [2.45, 2.75) is 44.2 Å². The number of hydrogen-bond donors (Lipinski definition) is 2. The third-order valence-electron chi connectivity index (χ3n) is 9.37. The Labute approximate surface area is 301 Å². The molecular weight excluding hydrogens is 696 g/mol. The van der Waals surface area contributed by atoms with Crippen molar-refractivity contribution < 1.29 is 32.7 Å². The molecule has 0 aliphatic carbocycles. The molecule has 3 aromatic carbocycles. The molecule has 0 spiro atoms. The van der Waals surface area contributed by atoms with E-state index in [1.165, 1.54) is 23.5 Å².